The quantitative estimate of drug-likeness (QED) is 0.350. The molecular formula is C32H39N7O6S. The van der Waals surface area contributed by atoms with E-state index >= 15 is 0 Å². The minimum Gasteiger partial charge on any atom is -0.382 e. The van der Waals surface area contributed by atoms with Crippen LogP contribution in [0.2, 0.25) is 0 Å². The van der Waals surface area contributed by atoms with Crippen LogP contribution in [0.3, 0.4) is 0 Å². The molecule has 4 heterocycles. The van der Waals surface area contributed by atoms with Crippen molar-refractivity contribution in [3.63, 3.8) is 0 Å². The summed E-state index contributed by atoms with van der Waals surface area (Å²) in [5.74, 6) is -0.902. The number of hydrogen-bond acceptors (Lipinski definition) is 8. The zero-order chi connectivity index (χ0) is 32.8. The second-order valence-electron chi connectivity index (χ2n) is 12.7. The Balaban J connectivity index is 1.16. The molecule has 0 unspecified atom stereocenters. The van der Waals surface area contributed by atoms with Gasteiger partial charge in [0.15, 0.2) is 0 Å². The third kappa shape index (κ3) is 6.11. The molecule has 4 N–H and O–H groups in total. The van der Waals surface area contributed by atoms with Crippen LogP contribution in [0.25, 0.3) is 5.69 Å². The Hall–Kier alpha value is -4.27. The molecule has 1 aromatic heterocycles. The van der Waals surface area contributed by atoms with Gasteiger partial charge in [-0.3, -0.25) is 14.4 Å². The molecule has 13 nitrogen and oxygen atoms in total. The molecule has 0 bridgehead atoms. The van der Waals surface area contributed by atoms with Crippen LogP contribution in [0.5, 0.6) is 0 Å². The molecule has 2 saturated heterocycles. The number of nitrogens with one attached hydrogen (secondary N) is 2. The normalized spacial score (nSPS) is 18.9. The van der Waals surface area contributed by atoms with Gasteiger partial charge in [-0.1, -0.05) is 0 Å². The second kappa shape index (κ2) is 12.2. The fourth-order valence-corrected chi connectivity index (χ4v) is 7.88. The van der Waals surface area contributed by atoms with Gasteiger partial charge in [-0.05, 0) is 76.1 Å². The summed E-state index contributed by atoms with van der Waals surface area (Å²) in [7, 11) is -3.77. The highest BCUT2D eigenvalue weighted by Gasteiger charge is 2.35. The number of benzene rings is 2. The number of ether oxygens (including phenoxy) is 1. The van der Waals surface area contributed by atoms with Gasteiger partial charge in [-0.25, -0.2) is 13.1 Å². The van der Waals surface area contributed by atoms with Gasteiger partial charge in [0.2, 0.25) is 10.0 Å². The van der Waals surface area contributed by atoms with E-state index in [1.807, 2.05) is 13.8 Å². The molecule has 46 heavy (non-hydrogen) atoms. The number of anilines is 1. The lowest BCUT2D eigenvalue weighted by Gasteiger charge is -2.33. The van der Waals surface area contributed by atoms with Gasteiger partial charge >= 0.3 is 0 Å². The first kappa shape index (κ1) is 31.7. The van der Waals surface area contributed by atoms with E-state index in [0.717, 1.165) is 5.69 Å². The third-order valence-electron chi connectivity index (χ3n) is 8.81. The number of primary amides is 1. The number of carbonyl (C=O) groups excluding carboxylic acids is 3. The monoisotopic (exact) mass is 649 g/mol. The van der Waals surface area contributed by atoms with Gasteiger partial charge in [0.1, 0.15) is 0 Å². The van der Waals surface area contributed by atoms with Crippen LogP contribution >= 0.6 is 0 Å². The first-order valence-corrected chi connectivity index (χ1v) is 16.9. The maximum atomic E-state index is 13.5. The summed E-state index contributed by atoms with van der Waals surface area (Å²) in [5.41, 5.74) is 9.18. The smallest absolute Gasteiger partial charge is 0.255 e. The fraction of sp³-hybridized carbons (Fsp3) is 0.438. The highest BCUT2D eigenvalue weighted by molar-refractivity contribution is 7.89. The molecule has 6 rings (SSSR count). The van der Waals surface area contributed by atoms with Gasteiger partial charge in [0, 0.05) is 55.4 Å². The molecule has 14 heteroatoms. The maximum Gasteiger partial charge on any atom is 0.255 e. The van der Waals surface area contributed by atoms with E-state index < -0.39 is 21.5 Å². The predicted octanol–water partition coefficient (Wildman–Crippen LogP) is 2.08. The topological polar surface area (TPSA) is 169 Å². The number of piperidine rings is 1. The van der Waals surface area contributed by atoms with Gasteiger partial charge in [-0.2, -0.15) is 9.40 Å². The standard InChI is InChI=1S/C32H39N7O6S/c1-20-28-27(19-32(2,3)35-30(28)41)39(36-20)23-6-9-25(29(33)40)26(18-23)34-22-10-12-38(13-11-22)46(43,44)24-7-4-21(5-8-24)31(42)37-14-16-45-17-15-37/h4-9,18,22,34H,10-17,19H2,1-3H3,(H2,33,40)(H,35,41). The van der Waals surface area contributed by atoms with Gasteiger partial charge in [-0.15, -0.1) is 0 Å². The van der Waals surface area contributed by atoms with Crippen molar-refractivity contribution in [2.75, 3.05) is 44.7 Å². The molecule has 0 aliphatic carbocycles. The molecule has 2 aromatic carbocycles. The number of morpholine rings is 1. The summed E-state index contributed by atoms with van der Waals surface area (Å²) in [4.78, 5) is 39.8. The van der Waals surface area contributed by atoms with Crippen LogP contribution in [0, 0.1) is 6.92 Å². The molecule has 3 aliphatic rings. The van der Waals surface area contributed by atoms with E-state index in [4.69, 9.17) is 10.5 Å². The van der Waals surface area contributed by atoms with Crippen molar-refractivity contribution in [2.24, 2.45) is 5.73 Å². The van der Waals surface area contributed by atoms with Crippen LogP contribution in [0.1, 0.15) is 69.2 Å². The lowest BCUT2D eigenvalue weighted by Crippen LogP contribution is -2.49. The van der Waals surface area contributed by atoms with Gasteiger partial charge in [0.05, 0.1) is 46.3 Å². The number of nitrogens with zero attached hydrogens (tertiary/aromatic N) is 4. The third-order valence-corrected chi connectivity index (χ3v) is 10.7. The number of fused-ring (bicyclic) bond motifs is 1. The van der Waals surface area contributed by atoms with Crippen molar-refractivity contribution in [1.82, 2.24) is 24.3 Å². The summed E-state index contributed by atoms with van der Waals surface area (Å²) < 4.78 is 35.4. The van der Waals surface area contributed by atoms with Crippen LogP contribution in [0.4, 0.5) is 5.69 Å². The van der Waals surface area contributed by atoms with Crippen LogP contribution in [-0.2, 0) is 21.2 Å². The van der Waals surface area contributed by atoms with Crippen molar-refractivity contribution in [3.05, 3.63) is 70.5 Å². The Labute approximate surface area is 268 Å². The van der Waals surface area contributed by atoms with Gasteiger partial charge in [0.25, 0.3) is 17.7 Å². The number of aromatic nitrogens is 2. The Morgan fingerprint density at radius 2 is 1.72 bits per heavy atom. The first-order chi connectivity index (χ1) is 21.8. The van der Waals surface area contributed by atoms with Crippen molar-refractivity contribution >= 4 is 33.4 Å². The first-order valence-electron chi connectivity index (χ1n) is 15.4. The van der Waals surface area contributed by atoms with Crippen molar-refractivity contribution in [3.8, 4) is 5.69 Å². The minimum atomic E-state index is -3.77. The van der Waals surface area contributed by atoms with Crippen LogP contribution < -0.4 is 16.4 Å². The molecule has 0 spiro atoms. The second-order valence-corrected chi connectivity index (χ2v) is 14.6. The predicted molar refractivity (Wildman–Crippen MR) is 171 cm³/mol. The number of sulfonamides is 1. The molecule has 0 atom stereocenters. The number of amides is 3. The van der Waals surface area contributed by atoms with Crippen LogP contribution in [0.15, 0.2) is 47.4 Å². The highest BCUT2D eigenvalue weighted by Crippen LogP contribution is 2.31. The zero-order valence-electron chi connectivity index (χ0n) is 26.2. The van der Waals surface area contributed by atoms with E-state index in [2.05, 4.69) is 15.7 Å². The summed E-state index contributed by atoms with van der Waals surface area (Å²) in [6.07, 6.45) is 1.58. The average molecular weight is 650 g/mol. The van der Waals surface area contributed by atoms with Crippen molar-refractivity contribution in [2.45, 2.75) is 56.5 Å². The summed E-state index contributed by atoms with van der Waals surface area (Å²) in [5, 5.41) is 11.1. The number of hydrogen-bond donors (Lipinski definition) is 3. The lowest BCUT2D eigenvalue weighted by molar-refractivity contribution is 0.0303. The van der Waals surface area contributed by atoms with E-state index in [1.165, 1.54) is 16.4 Å². The molecular weight excluding hydrogens is 610 g/mol. The Kier molecular flexibility index (Phi) is 8.38. The van der Waals surface area contributed by atoms with E-state index in [0.29, 0.717) is 79.3 Å². The SMILES string of the molecule is Cc1nn(-c2ccc(C(N)=O)c(NC3CCN(S(=O)(=O)c4ccc(C(=O)N5CCOCC5)cc4)CC3)c2)c2c1C(=O)NC(C)(C)C2. The largest absolute Gasteiger partial charge is 0.382 e. The zero-order valence-corrected chi connectivity index (χ0v) is 27.0. The molecule has 2 fully saturated rings. The Morgan fingerprint density at radius 3 is 2.37 bits per heavy atom. The molecule has 0 saturated carbocycles. The Bertz CT molecular complexity index is 1790. The summed E-state index contributed by atoms with van der Waals surface area (Å²) in [6.45, 7) is 8.25. The highest BCUT2D eigenvalue weighted by atomic mass is 32.2. The fourth-order valence-electron chi connectivity index (χ4n) is 6.41. The molecule has 244 valence electrons. The molecule has 3 aliphatic heterocycles. The number of aryl methyl sites for hydroxylation is 1. The molecule has 3 amide bonds. The number of carbonyl (C=O) groups is 3. The van der Waals surface area contributed by atoms with E-state index in [1.54, 1.807) is 46.8 Å². The number of nitrogens with two attached hydrogens (primary N) is 1. The van der Waals surface area contributed by atoms with E-state index in [9.17, 15) is 22.8 Å². The van der Waals surface area contributed by atoms with Crippen molar-refractivity contribution < 1.29 is 27.5 Å². The van der Waals surface area contributed by atoms with Crippen LogP contribution in [-0.4, -0.2) is 96.1 Å². The minimum absolute atomic E-state index is 0.119. The number of rotatable bonds is 7. The summed E-state index contributed by atoms with van der Waals surface area (Å²) >= 11 is 0. The van der Waals surface area contributed by atoms with Gasteiger partial charge < -0.3 is 26.0 Å². The lowest BCUT2D eigenvalue weighted by atomic mass is 9.90. The molecule has 0 radical (unpaired) electrons. The van der Waals surface area contributed by atoms with Crippen molar-refractivity contribution in [1.29, 1.82) is 0 Å². The average Bonchev–Trinajstić information content (AvgIpc) is 3.36. The van der Waals surface area contributed by atoms with E-state index in [-0.39, 0.29) is 35.8 Å². The Morgan fingerprint density at radius 1 is 1.04 bits per heavy atom. The molecule has 3 aromatic rings. The summed E-state index contributed by atoms with van der Waals surface area (Å²) in [6, 6.07) is 11.2. The maximum absolute atomic E-state index is 13.5.